The van der Waals surface area contributed by atoms with Gasteiger partial charge in [0.2, 0.25) is 0 Å². The van der Waals surface area contributed by atoms with E-state index >= 15 is 0 Å². The molecule has 0 aliphatic rings. The molecule has 0 saturated heterocycles. The van der Waals surface area contributed by atoms with Crippen molar-refractivity contribution in [2.45, 2.75) is 151 Å². The molecule has 158 valence electrons. The van der Waals surface area contributed by atoms with E-state index in [0.29, 0.717) is 5.41 Å². The summed E-state index contributed by atoms with van der Waals surface area (Å²) in [5.74, 6) is 1.86. The van der Waals surface area contributed by atoms with Gasteiger partial charge in [-0.1, -0.05) is 138 Å². The van der Waals surface area contributed by atoms with Crippen LogP contribution in [0.3, 0.4) is 0 Å². The fourth-order valence-electron chi connectivity index (χ4n) is 4.39. The molecule has 0 aromatic rings. The van der Waals surface area contributed by atoms with Crippen LogP contribution in [0.1, 0.15) is 151 Å². The van der Waals surface area contributed by atoms with E-state index < -0.39 is 0 Å². The molecule has 26 heavy (non-hydrogen) atoms. The predicted molar refractivity (Wildman–Crippen MR) is 122 cm³/mol. The van der Waals surface area contributed by atoms with E-state index in [1.54, 1.807) is 0 Å². The van der Waals surface area contributed by atoms with Crippen LogP contribution in [0.5, 0.6) is 0 Å². The Morgan fingerprint density at radius 3 is 1.38 bits per heavy atom. The summed E-state index contributed by atoms with van der Waals surface area (Å²) >= 11 is 0. The fourth-order valence-corrected chi connectivity index (χ4v) is 4.39. The van der Waals surface area contributed by atoms with Gasteiger partial charge in [-0.25, -0.2) is 0 Å². The van der Waals surface area contributed by atoms with Crippen molar-refractivity contribution in [3.8, 4) is 0 Å². The molecule has 0 aromatic heterocycles. The molecule has 2 atom stereocenters. The van der Waals surface area contributed by atoms with Crippen molar-refractivity contribution in [2.24, 2.45) is 17.3 Å². The van der Waals surface area contributed by atoms with Crippen molar-refractivity contribution in [3.63, 3.8) is 0 Å². The zero-order valence-electron chi connectivity index (χ0n) is 19.7. The van der Waals surface area contributed by atoms with Crippen molar-refractivity contribution in [1.29, 1.82) is 0 Å². The summed E-state index contributed by atoms with van der Waals surface area (Å²) in [5.41, 5.74) is 0.580. The largest absolute Gasteiger partial charge is 0.0654 e. The van der Waals surface area contributed by atoms with Crippen LogP contribution in [0.15, 0.2) is 0 Å². The van der Waals surface area contributed by atoms with Gasteiger partial charge in [0, 0.05) is 0 Å². The van der Waals surface area contributed by atoms with E-state index in [4.69, 9.17) is 0 Å². The molecule has 0 heterocycles. The Morgan fingerprint density at radius 1 is 0.500 bits per heavy atom. The lowest BCUT2D eigenvalue weighted by Gasteiger charge is -2.23. The second-order valence-corrected chi connectivity index (χ2v) is 10.1. The van der Waals surface area contributed by atoms with Gasteiger partial charge in [-0.3, -0.25) is 0 Å². The summed E-state index contributed by atoms with van der Waals surface area (Å²) in [6, 6.07) is 0. The number of hydrogen-bond acceptors (Lipinski definition) is 0. The average molecular weight is 367 g/mol. The van der Waals surface area contributed by atoms with Gasteiger partial charge in [-0.15, -0.1) is 0 Å². The number of rotatable bonds is 19. The first kappa shape index (κ1) is 26.0. The Labute approximate surface area is 168 Å². The Kier molecular flexibility index (Phi) is 17.1. The molecule has 0 fully saturated rings. The Bertz CT molecular complexity index is 278. The van der Waals surface area contributed by atoms with Gasteiger partial charge >= 0.3 is 0 Å². The van der Waals surface area contributed by atoms with E-state index in [9.17, 15) is 0 Å². The fraction of sp³-hybridized carbons (Fsp3) is 1.00. The predicted octanol–water partition coefficient (Wildman–Crippen LogP) is 9.96. The first-order valence-electron chi connectivity index (χ1n) is 12.4. The molecule has 0 aliphatic heterocycles. The smallest absolute Gasteiger partial charge is 0.0354 e. The van der Waals surface area contributed by atoms with Crippen LogP contribution >= 0.6 is 0 Å². The van der Waals surface area contributed by atoms with E-state index in [1.807, 2.05) is 0 Å². The summed E-state index contributed by atoms with van der Waals surface area (Å²) in [6.45, 7) is 14.5. The average Bonchev–Trinajstić information content (AvgIpc) is 2.59. The van der Waals surface area contributed by atoms with Gasteiger partial charge in [0.25, 0.3) is 0 Å². The first-order valence-corrected chi connectivity index (χ1v) is 12.4. The lowest BCUT2D eigenvalue weighted by molar-refractivity contribution is 0.290. The molecule has 0 nitrogen and oxygen atoms in total. The van der Waals surface area contributed by atoms with Crippen molar-refractivity contribution in [3.05, 3.63) is 0 Å². The normalized spacial score (nSPS) is 14.5. The van der Waals surface area contributed by atoms with Crippen molar-refractivity contribution in [1.82, 2.24) is 0 Å². The van der Waals surface area contributed by atoms with Gasteiger partial charge < -0.3 is 0 Å². The minimum Gasteiger partial charge on any atom is -0.0654 e. The van der Waals surface area contributed by atoms with Crippen molar-refractivity contribution in [2.75, 3.05) is 0 Å². The van der Waals surface area contributed by atoms with Crippen LogP contribution in [0.4, 0.5) is 0 Å². The molecule has 0 bridgehead atoms. The van der Waals surface area contributed by atoms with Crippen LogP contribution in [-0.4, -0.2) is 0 Å². The van der Waals surface area contributed by atoms with Crippen LogP contribution in [-0.2, 0) is 0 Å². The quantitative estimate of drug-likeness (QED) is 0.199. The standard InChI is InChI=1S/C26H54/c1-7-9-10-11-14-17-20-24(3)25(4)21-18-15-12-13-16-19-23-26(5,6)22-8-2/h24-25H,7-23H2,1-6H3. The van der Waals surface area contributed by atoms with Gasteiger partial charge in [0.05, 0.1) is 0 Å². The SMILES string of the molecule is CCCCCCCCC(C)C(C)CCCCCCCCC(C)(C)CCC. The summed E-state index contributed by atoms with van der Waals surface area (Å²) < 4.78 is 0. The monoisotopic (exact) mass is 366 g/mol. The molecule has 0 amide bonds. The van der Waals surface area contributed by atoms with Gasteiger partial charge in [0.15, 0.2) is 0 Å². The van der Waals surface area contributed by atoms with Crippen LogP contribution < -0.4 is 0 Å². The summed E-state index contributed by atoms with van der Waals surface area (Å²) in [6.07, 6.45) is 24.5. The zero-order valence-corrected chi connectivity index (χ0v) is 19.7. The number of hydrogen-bond donors (Lipinski definition) is 0. The van der Waals surface area contributed by atoms with Crippen LogP contribution in [0, 0.1) is 17.3 Å². The molecule has 0 saturated carbocycles. The van der Waals surface area contributed by atoms with Crippen molar-refractivity contribution < 1.29 is 0 Å². The maximum absolute atomic E-state index is 2.50. The molecule has 0 aromatic carbocycles. The molecule has 0 aliphatic carbocycles. The lowest BCUT2D eigenvalue weighted by Crippen LogP contribution is -2.10. The Hall–Kier alpha value is 0. The maximum atomic E-state index is 2.50. The highest BCUT2D eigenvalue weighted by atomic mass is 14.2. The highest BCUT2D eigenvalue weighted by Gasteiger charge is 2.15. The molecule has 0 N–H and O–H groups in total. The van der Waals surface area contributed by atoms with E-state index in [-0.39, 0.29) is 0 Å². The molecule has 0 heteroatoms. The van der Waals surface area contributed by atoms with Gasteiger partial charge in [0.1, 0.15) is 0 Å². The van der Waals surface area contributed by atoms with Crippen LogP contribution in [0.2, 0.25) is 0 Å². The highest BCUT2D eigenvalue weighted by molar-refractivity contribution is 4.68. The van der Waals surface area contributed by atoms with Gasteiger partial charge in [-0.05, 0) is 30.1 Å². The van der Waals surface area contributed by atoms with E-state index in [1.165, 1.54) is 109 Å². The maximum Gasteiger partial charge on any atom is -0.0354 e. The first-order chi connectivity index (χ1) is 12.4. The van der Waals surface area contributed by atoms with Gasteiger partial charge in [-0.2, -0.15) is 0 Å². The molecule has 2 unspecified atom stereocenters. The van der Waals surface area contributed by atoms with Crippen molar-refractivity contribution >= 4 is 0 Å². The topological polar surface area (TPSA) is 0 Å². The summed E-state index contributed by atoms with van der Waals surface area (Å²) in [4.78, 5) is 0. The third-order valence-corrected chi connectivity index (χ3v) is 6.67. The van der Waals surface area contributed by atoms with E-state index in [0.717, 1.165) is 11.8 Å². The Morgan fingerprint density at radius 2 is 0.923 bits per heavy atom. The third-order valence-electron chi connectivity index (χ3n) is 6.67. The summed E-state index contributed by atoms with van der Waals surface area (Å²) in [5, 5.41) is 0. The molecular weight excluding hydrogens is 312 g/mol. The number of unbranched alkanes of at least 4 members (excludes halogenated alkanes) is 10. The molecule has 0 spiro atoms. The molecule has 0 rings (SSSR count). The minimum atomic E-state index is 0.580. The second kappa shape index (κ2) is 17.1. The minimum absolute atomic E-state index is 0.580. The van der Waals surface area contributed by atoms with Crippen LogP contribution in [0.25, 0.3) is 0 Å². The third kappa shape index (κ3) is 16.2. The molecule has 0 radical (unpaired) electrons. The lowest BCUT2D eigenvalue weighted by atomic mass is 9.82. The molecular formula is C26H54. The second-order valence-electron chi connectivity index (χ2n) is 10.1. The Balaban J connectivity index is 3.45. The van der Waals surface area contributed by atoms with E-state index in [2.05, 4.69) is 41.5 Å². The highest BCUT2D eigenvalue weighted by Crippen LogP contribution is 2.29. The summed E-state index contributed by atoms with van der Waals surface area (Å²) in [7, 11) is 0. The zero-order chi connectivity index (χ0) is 19.7.